The Morgan fingerprint density at radius 1 is 1.52 bits per heavy atom. The van der Waals surface area contributed by atoms with Gasteiger partial charge in [0.1, 0.15) is 0 Å². The summed E-state index contributed by atoms with van der Waals surface area (Å²) in [5, 5.41) is 8.10. The number of piperidine rings is 1. The van der Waals surface area contributed by atoms with Crippen LogP contribution in [-0.4, -0.2) is 54.6 Å². The van der Waals surface area contributed by atoms with Crippen molar-refractivity contribution in [2.45, 2.75) is 39.2 Å². The maximum atomic E-state index is 4.70. The van der Waals surface area contributed by atoms with Crippen LogP contribution in [0, 0.1) is 6.92 Å². The van der Waals surface area contributed by atoms with Crippen molar-refractivity contribution < 1.29 is 0 Å². The van der Waals surface area contributed by atoms with E-state index in [9.17, 15) is 0 Å². The van der Waals surface area contributed by atoms with Crippen LogP contribution in [0.1, 0.15) is 29.7 Å². The van der Waals surface area contributed by atoms with Crippen molar-refractivity contribution in [1.29, 1.82) is 0 Å². The molecule has 0 amide bonds. The second-order valence-electron chi connectivity index (χ2n) is 5.88. The minimum absolute atomic E-state index is 0.510. The van der Waals surface area contributed by atoms with Gasteiger partial charge in [0.05, 0.1) is 5.01 Å². The fraction of sp³-hybridized carbons (Fsp3) is 0.647. The van der Waals surface area contributed by atoms with Crippen LogP contribution in [0.5, 0.6) is 0 Å². The lowest BCUT2D eigenvalue weighted by Gasteiger charge is -2.32. The largest absolute Gasteiger partial charge is 0.357 e. The van der Waals surface area contributed by atoms with Gasteiger partial charge in [0.15, 0.2) is 5.96 Å². The highest BCUT2D eigenvalue weighted by molar-refractivity contribution is 7.11. The summed E-state index contributed by atoms with van der Waals surface area (Å²) in [5.74, 6) is 0.933. The predicted molar refractivity (Wildman–Crippen MR) is 99.3 cm³/mol. The number of guanidine groups is 1. The van der Waals surface area contributed by atoms with Gasteiger partial charge in [-0.3, -0.25) is 9.89 Å². The van der Waals surface area contributed by atoms with Crippen LogP contribution < -0.4 is 10.6 Å². The molecule has 1 aliphatic rings. The first-order valence-electron chi connectivity index (χ1n) is 8.50. The zero-order chi connectivity index (χ0) is 16.5. The molecule has 1 saturated heterocycles. The van der Waals surface area contributed by atoms with Crippen LogP contribution >= 0.6 is 11.3 Å². The molecule has 0 atom stereocenters. The Morgan fingerprint density at radius 2 is 2.30 bits per heavy atom. The standard InChI is InChI=1S/C17H29N5S/c1-4-10-22-11-7-15(8-12-22)21-17(18-5-2)19-9-6-16-20-13-14(3)23-16/h4,13,15H,1,5-12H2,2-3H3,(H2,18,19,21). The van der Waals surface area contributed by atoms with E-state index in [1.54, 1.807) is 11.3 Å². The van der Waals surface area contributed by atoms with E-state index in [2.05, 4.69) is 40.9 Å². The molecule has 2 N–H and O–H groups in total. The highest BCUT2D eigenvalue weighted by Crippen LogP contribution is 2.12. The van der Waals surface area contributed by atoms with Gasteiger partial charge in [0.25, 0.3) is 0 Å². The molecule has 0 bridgehead atoms. The van der Waals surface area contributed by atoms with Gasteiger partial charge < -0.3 is 10.6 Å². The Hall–Kier alpha value is -1.40. The van der Waals surface area contributed by atoms with Crippen LogP contribution in [0.2, 0.25) is 0 Å². The Balaban J connectivity index is 1.78. The molecule has 0 aliphatic carbocycles. The van der Waals surface area contributed by atoms with Gasteiger partial charge in [0.2, 0.25) is 0 Å². The minimum Gasteiger partial charge on any atom is -0.357 e. The highest BCUT2D eigenvalue weighted by atomic mass is 32.1. The zero-order valence-corrected chi connectivity index (χ0v) is 15.2. The van der Waals surface area contributed by atoms with Crippen LogP contribution in [0.15, 0.2) is 23.8 Å². The lowest BCUT2D eigenvalue weighted by Crippen LogP contribution is -2.48. The van der Waals surface area contributed by atoms with E-state index in [1.807, 2.05) is 12.3 Å². The van der Waals surface area contributed by atoms with Crippen molar-refractivity contribution in [2.24, 2.45) is 4.99 Å². The van der Waals surface area contributed by atoms with E-state index in [0.29, 0.717) is 6.04 Å². The third-order valence-corrected chi connectivity index (χ3v) is 4.90. The summed E-state index contributed by atoms with van der Waals surface area (Å²) in [5.41, 5.74) is 0. The van der Waals surface area contributed by atoms with E-state index in [4.69, 9.17) is 4.99 Å². The molecular formula is C17H29N5S. The molecule has 1 aromatic rings. The highest BCUT2D eigenvalue weighted by Gasteiger charge is 2.18. The van der Waals surface area contributed by atoms with E-state index < -0.39 is 0 Å². The van der Waals surface area contributed by atoms with Gasteiger partial charge in [0, 0.05) is 56.3 Å². The summed E-state index contributed by atoms with van der Waals surface area (Å²) in [4.78, 5) is 12.8. The Kier molecular flexibility index (Phi) is 7.55. The minimum atomic E-state index is 0.510. The van der Waals surface area contributed by atoms with Gasteiger partial charge in [-0.25, -0.2) is 4.98 Å². The number of thiazole rings is 1. The molecule has 1 aromatic heterocycles. The van der Waals surface area contributed by atoms with Gasteiger partial charge in [-0.2, -0.15) is 0 Å². The monoisotopic (exact) mass is 335 g/mol. The van der Waals surface area contributed by atoms with Crippen LogP contribution in [-0.2, 0) is 6.42 Å². The number of rotatable bonds is 7. The third-order valence-electron chi connectivity index (χ3n) is 3.92. The molecule has 2 rings (SSSR count). The Morgan fingerprint density at radius 3 is 2.91 bits per heavy atom. The lowest BCUT2D eigenvalue weighted by molar-refractivity contribution is 0.225. The molecule has 23 heavy (non-hydrogen) atoms. The lowest BCUT2D eigenvalue weighted by atomic mass is 10.1. The number of aromatic nitrogens is 1. The number of hydrogen-bond acceptors (Lipinski definition) is 4. The first-order chi connectivity index (χ1) is 11.2. The Labute approximate surface area is 143 Å². The fourth-order valence-electron chi connectivity index (χ4n) is 2.74. The van der Waals surface area contributed by atoms with Crippen molar-refractivity contribution in [1.82, 2.24) is 20.5 Å². The number of nitrogens with one attached hydrogen (secondary N) is 2. The van der Waals surface area contributed by atoms with E-state index >= 15 is 0 Å². The topological polar surface area (TPSA) is 52.5 Å². The SMILES string of the molecule is C=CCN1CCC(NC(=NCCc2ncc(C)s2)NCC)CC1. The second-order valence-corrected chi connectivity index (χ2v) is 7.20. The van der Waals surface area contributed by atoms with Crippen molar-refractivity contribution >= 4 is 17.3 Å². The number of likely N-dealkylation sites (tertiary alicyclic amines) is 1. The van der Waals surface area contributed by atoms with Crippen molar-refractivity contribution in [3.63, 3.8) is 0 Å². The van der Waals surface area contributed by atoms with Crippen LogP contribution in [0.3, 0.4) is 0 Å². The molecular weight excluding hydrogens is 306 g/mol. The molecule has 0 spiro atoms. The average Bonchev–Trinajstić information content (AvgIpc) is 2.95. The summed E-state index contributed by atoms with van der Waals surface area (Å²) >= 11 is 1.76. The second kappa shape index (κ2) is 9.67. The third kappa shape index (κ3) is 6.31. The molecule has 1 fully saturated rings. The predicted octanol–water partition coefficient (Wildman–Crippen LogP) is 2.20. The van der Waals surface area contributed by atoms with Crippen LogP contribution in [0.4, 0.5) is 0 Å². The molecule has 0 radical (unpaired) electrons. The first-order valence-corrected chi connectivity index (χ1v) is 9.32. The van der Waals surface area contributed by atoms with Crippen LogP contribution in [0.25, 0.3) is 0 Å². The smallest absolute Gasteiger partial charge is 0.191 e. The average molecular weight is 336 g/mol. The summed E-state index contributed by atoms with van der Waals surface area (Å²) in [6.07, 6.45) is 7.14. The van der Waals surface area contributed by atoms with E-state index in [0.717, 1.165) is 57.9 Å². The van der Waals surface area contributed by atoms with Gasteiger partial charge in [-0.15, -0.1) is 17.9 Å². The number of aryl methyl sites for hydroxylation is 1. The summed E-state index contributed by atoms with van der Waals surface area (Å²) in [6, 6.07) is 0.510. The molecule has 0 aromatic carbocycles. The number of nitrogens with zero attached hydrogens (tertiary/aromatic N) is 3. The molecule has 1 aliphatic heterocycles. The molecule has 128 valence electrons. The summed E-state index contributed by atoms with van der Waals surface area (Å²) in [6.45, 7) is 12.9. The molecule has 0 saturated carbocycles. The van der Waals surface area contributed by atoms with Gasteiger partial charge >= 0.3 is 0 Å². The maximum Gasteiger partial charge on any atom is 0.191 e. The van der Waals surface area contributed by atoms with Gasteiger partial charge in [-0.05, 0) is 26.7 Å². The number of hydrogen-bond donors (Lipinski definition) is 2. The van der Waals surface area contributed by atoms with E-state index in [-0.39, 0.29) is 0 Å². The van der Waals surface area contributed by atoms with Crippen molar-refractivity contribution in [2.75, 3.05) is 32.7 Å². The normalized spacial score (nSPS) is 17.2. The Bertz CT molecular complexity index is 503. The molecule has 6 heteroatoms. The summed E-state index contributed by atoms with van der Waals surface area (Å²) in [7, 11) is 0. The maximum absolute atomic E-state index is 4.70. The van der Waals surface area contributed by atoms with Gasteiger partial charge in [-0.1, -0.05) is 6.08 Å². The number of aliphatic imine (C=N–C) groups is 1. The fourth-order valence-corrected chi connectivity index (χ4v) is 3.51. The first kappa shape index (κ1) is 17.9. The summed E-state index contributed by atoms with van der Waals surface area (Å²) < 4.78 is 0. The quantitative estimate of drug-likeness (QED) is 0.456. The van der Waals surface area contributed by atoms with Crippen molar-refractivity contribution in [3.8, 4) is 0 Å². The molecule has 2 heterocycles. The van der Waals surface area contributed by atoms with Crippen molar-refractivity contribution in [3.05, 3.63) is 28.7 Å². The zero-order valence-electron chi connectivity index (χ0n) is 14.3. The van der Waals surface area contributed by atoms with E-state index in [1.165, 1.54) is 9.88 Å². The molecule has 0 unspecified atom stereocenters. The molecule has 5 nitrogen and oxygen atoms in total.